The van der Waals surface area contributed by atoms with E-state index in [1.807, 2.05) is 19.1 Å². The van der Waals surface area contributed by atoms with Crippen LogP contribution in [0, 0.1) is 0 Å². The molecule has 92 valence electrons. The molecule has 0 radical (unpaired) electrons. The first-order chi connectivity index (χ1) is 8.79. The number of ether oxygens (including phenoxy) is 1. The molecule has 0 amide bonds. The largest absolute Gasteiger partial charge is 0.508 e. The van der Waals surface area contributed by atoms with Crippen molar-refractivity contribution < 1.29 is 9.84 Å². The average molecular weight is 240 g/mol. The molecular formula is C16H16O2. The van der Waals surface area contributed by atoms with Crippen LogP contribution >= 0.6 is 0 Å². The van der Waals surface area contributed by atoms with E-state index < -0.39 is 0 Å². The Balaban J connectivity index is 2.11. The molecule has 0 bridgehead atoms. The van der Waals surface area contributed by atoms with Crippen molar-refractivity contribution in [2.24, 2.45) is 0 Å². The second kappa shape index (κ2) is 4.37. The predicted octanol–water partition coefficient (Wildman–Crippen LogP) is 3.56. The van der Waals surface area contributed by atoms with Crippen molar-refractivity contribution in [1.82, 2.24) is 0 Å². The van der Waals surface area contributed by atoms with Gasteiger partial charge in [0.25, 0.3) is 0 Å². The fourth-order valence-corrected chi connectivity index (χ4v) is 2.65. The summed E-state index contributed by atoms with van der Waals surface area (Å²) in [5.41, 5.74) is 4.74. The molecule has 1 aliphatic carbocycles. The fraction of sp³-hybridized carbons (Fsp3) is 0.250. The first-order valence-electron chi connectivity index (χ1n) is 6.36. The van der Waals surface area contributed by atoms with Gasteiger partial charge in [0.1, 0.15) is 11.5 Å². The molecular weight excluding hydrogens is 224 g/mol. The van der Waals surface area contributed by atoms with Crippen LogP contribution in [0.4, 0.5) is 0 Å². The molecule has 1 N–H and O–H groups in total. The van der Waals surface area contributed by atoms with E-state index in [2.05, 4.69) is 18.2 Å². The van der Waals surface area contributed by atoms with Gasteiger partial charge in [-0.1, -0.05) is 18.2 Å². The lowest BCUT2D eigenvalue weighted by Crippen LogP contribution is -2.04. The third-order valence-electron chi connectivity index (χ3n) is 3.47. The highest BCUT2D eigenvalue weighted by atomic mass is 16.5. The maximum atomic E-state index is 9.90. The highest BCUT2D eigenvalue weighted by Gasteiger charge is 2.18. The van der Waals surface area contributed by atoms with Crippen LogP contribution in [-0.2, 0) is 12.8 Å². The molecule has 18 heavy (non-hydrogen) atoms. The summed E-state index contributed by atoms with van der Waals surface area (Å²) in [7, 11) is 0. The van der Waals surface area contributed by atoms with Gasteiger partial charge in [0.2, 0.25) is 0 Å². The Bertz CT molecular complexity index is 588. The summed E-state index contributed by atoms with van der Waals surface area (Å²) < 4.78 is 5.53. The zero-order valence-corrected chi connectivity index (χ0v) is 10.4. The molecule has 0 heterocycles. The quantitative estimate of drug-likeness (QED) is 0.869. The minimum absolute atomic E-state index is 0.409. The maximum absolute atomic E-state index is 9.90. The van der Waals surface area contributed by atoms with E-state index in [9.17, 15) is 5.11 Å². The van der Waals surface area contributed by atoms with Crippen molar-refractivity contribution in [2.75, 3.05) is 6.61 Å². The molecule has 1 aliphatic rings. The van der Waals surface area contributed by atoms with Crippen LogP contribution in [0.25, 0.3) is 11.1 Å². The molecule has 0 unspecified atom stereocenters. The van der Waals surface area contributed by atoms with Crippen LogP contribution in [0.15, 0.2) is 36.4 Å². The van der Waals surface area contributed by atoms with Crippen LogP contribution in [0.1, 0.15) is 18.1 Å². The average Bonchev–Trinajstić information content (AvgIpc) is 2.39. The van der Waals surface area contributed by atoms with Gasteiger partial charge in [0.05, 0.1) is 6.61 Å². The van der Waals surface area contributed by atoms with Gasteiger partial charge in [-0.15, -0.1) is 0 Å². The smallest absolute Gasteiger partial charge is 0.119 e. The first-order valence-corrected chi connectivity index (χ1v) is 6.36. The second-order valence-electron chi connectivity index (χ2n) is 4.56. The number of phenolic OH excluding ortho intramolecular Hbond substituents is 1. The molecule has 2 aromatic rings. The molecule has 3 rings (SSSR count). The van der Waals surface area contributed by atoms with Crippen molar-refractivity contribution in [2.45, 2.75) is 19.8 Å². The molecule has 0 saturated carbocycles. The molecule has 0 aromatic heterocycles. The summed E-state index contributed by atoms with van der Waals surface area (Å²) in [5, 5.41) is 9.90. The molecule has 2 heteroatoms. The predicted molar refractivity (Wildman–Crippen MR) is 72.1 cm³/mol. The van der Waals surface area contributed by atoms with E-state index in [-0.39, 0.29) is 0 Å². The zero-order chi connectivity index (χ0) is 12.5. The van der Waals surface area contributed by atoms with Gasteiger partial charge in [-0.05, 0) is 54.7 Å². The number of fused-ring (bicyclic) bond motifs is 3. The lowest BCUT2D eigenvalue weighted by molar-refractivity contribution is 0.340. The summed E-state index contributed by atoms with van der Waals surface area (Å²) in [5.74, 6) is 1.34. The molecule has 2 aromatic carbocycles. The molecule has 0 fully saturated rings. The molecule has 0 atom stereocenters. The van der Waals surface area contributed by atoms with E-state index in [4.69, 9.17) is 4.74 Å². The lowest BCUT2D eigenvalue weighted by Gasteiger charge is -2.21. The number of benzene rings is 2. The van der Waals surface area contributed by atoms with E-state index in [0.29, 0.717) is 12.4 Å². The Labute approximate surface area is 107 Å². The zero-order valence-electron chi connectivity index (χ0n) is 10.4. The summed E-state index contributed by atoms with van der Waals surface area (Å²) in [6.45, 7) is 2.68. The number of phenols is 1. The summed E-state index contributed by atoms with van der Waals surface area (Å²) in [4.78, 5) is 0. The van der Waals surface area contributed by atoms with Crippen LogP contribution in [0.2, 0.25) is 0 Å². The Morgan fingerprint density at radius 3 is 2.83 bits per heavy atom. The van der Waals surface area contributed by atoms with Gasteiger partial charge >= 0.3 is 0 Å². The summed E-state index contributed by atoms with van der Waals surface area (Å²) in [6, 6.07) is 12.0. The van der Waals surface area contributed by atoms with Gasteiger partial charge in [0, 0.05) is 5.56 Å². The van der Waals surface area contributed by atoms with Crippen molar-refractivity contribution in [3.63, 3.8) is 0 Å². The van der Waals surface area contributed by atoms with Crippen LogP contribution in [0.5, 0.6) is 11.5 Å². The second-order valence-corrected chi connectivity index (χ2v) is 4.56. The molecule has 2 nitrogen and oxygen atoms in total. The normalized spacial score (nSPS) is 12.7. The van der Waals surface area contributed by atoms with E-state index in [1.165, 1.54) is 11.1 Å². The van der Waals surface area contributed by atoms with Crippen molar-refractivity contribution in [1.29, 1.82) is 0 Å². The fourth-order valence-electron chi connectivity index (χ4n) is 2.65. The topological polar surface area (TPSA) is 29.5 Å². The van der Waals surface area contributed by atoms with Gasteiger partial charge in [-0.3, -0.25) is 0 Å². The number of hydrogen-bond donors (Lipinski definition) is 1. The van der Waals surface area contributed by atoms with Crippen LogP contribution in [0.3, 0.4) is 0 Å². The third-order valence-corrected chi connectivity index (χ3v) is 3.47. The maximum Gasteiger partial charge on any atom is 0.119 e. The van der Waals surface area contributed by atoms with Crippen molar-refractivity contribution in [3.8, 4) is 22.6 Å². The van der Waals surface area contributed by atoms with Gasteiger partial charge < -0.3 is 9.84 Å². The standard InChI is InChI=1S/C16H16O2/c1-2-18-12-7-9-13-11(10-12)6-8-15-14(13)4-3-5-16(15)17/h3-5,7,9-10,17H,2,6,8H2,1H3. The van der Waals surface area contributed by atoms with Crippen molar-refractivity contribution >= 4 is 0 Å². The first kappa shape index (κ1) is 11.1. The number of aromatic hydroxyl groups is 1. The third kappa shape index (κ3) is 1.74. The monoisotopic (exact) mass is 240 g/mol. The van der Waals surface area contributed by atoms with Gasteiger partial charge in [0.15, 0.2) is 0 Å². The number of rotatable bonds is 2. The summed E-state index contributed by atoms with van der Waals surface area (Å²) >= 11 is 0. The van der Waals surface area contributed by atoms with Gasteiger partial charge in [-0.2, -0.15) is 0 Å². The lowest BCUT2D eigenvalue weighted by atomic mass is 9.85. The molecule has 0 spiro atoms. The minimum Gasteiger partial charge on any atom is -0.508 e. The van der Waals surface area contributed by atoms with Crippen molar-refractivity contribution in [3.05, 3.63) is 47.5 Å². The molecule has 0 saturated heterocycles. The van der Waals surface area contributed by atoms with Crippen LogP contribution in [-0.4, -0.2) is 11.7 Å². The highest BCUT2D eigenvalue weighted by molar-refractivity contribution is 5.75. The van der Waals surface area contributed by atoms with Crippen LogP contribution < -0.4 is 4.74 Å². The molecule has 0 aliphatic heterocycles. The Kier molecular flexibility index (Phi) is 2.71. The van der Waals surface area contributed by atoms with Gasteiger partial charge in [-0.25, -0.2) is 0 Å². The van der Waals surface area contributed by atoms with E-state index >= 15 is 0 Å². The number of hydrogen-bond acceptors (Lipinski definition) is 2. The minimum atomic E-state index is 0.409. The summed E-state index contributed by atoms with van der Waals surface area (Å²) in [6.07, 6.45) is 1.85. The Morgan fingerprint density at radius 2 is 2.00 bits per heavy atom. The Morgan fingerprint density at radius 1 is 1.11 bits per heavy atom. The van der Waals surface area contributed by atoms with E-state index in [0.717, 1.165) is 29.7 Å². The SMILES string of the molecule is CCOc1ccc2c(c1)CCc1c(O)cccc1-2. The Hall–Kier alpha value is -1.96. The van der Waals surface area contributed by atoms with E-state index in [1.54, 1.807) is 6.07 Å². The highest BCUT2D eigenvalue weighted by Crippen LogP contribution is 2.38. The number of aryl methyl sites for hydroxylation is 1.